The van der Waals surface area contributed by atoms with Gasteiger partial charge < -0.3 is 32.6 Å². The standard InChI is InChI=1S/C28H31N7O6/c1-35(2)22-21(38)18(25(30)41)23(39)27(12-29)24(40)19-20(37)17-15(8-26(19,31)11-28(22,27)32)13(5-6-16(17)36)9-33-10-14-4-3-7-34-14/h3-7,18-19,22,33-34,36H,8-11,31-32H2,1-2H3,(H2,30,41)/t18?,19?,22-,26-,27+,28-/m1/s1. The van der Waals surface area contributed by atoms with Gasteiger partial charge in [-0.3, -0.25) is 28.9 Å². The number of phenolic OH excluding ortho intramolecular Hbond substituents is 1. The van der Waals surface area contributed by atoms with Crippen LogP contribution in [0.2, 0.25) is 0 Å². The van der Waals surface area contributed by atoms with Crippen molar-refractivity contribution in [3.05, 3.63) is 52.8 Å². The molecule has 0 saturated heterocycles. The molecule has 1 heterocycles. The Kier molecular flexibility index (Phi) is 6.51. The van der Waals surface area contributed by atoms with Gasteiger partial charge >= 0.3 is 0 Å². The number of carbonyl (C=O) groups is 5. The van der Waals surface area contributed by atoms with Crippen molar-refractivity contribution in [1.82, 2.24) is 15.2 Å². The Hall–Kier alpha value is -4.22. The smallest absolute Gasteiger partial charge is 0.235 e. The number of nitriles is 1. The molecule has 2 fully saturated rings. The minimum absolute atomic E-state index is 0.110. The molecule has 1 amide bonds. The van der Waals surface area contributed by atoms with Crippen LogP contribution in [0.4, 0.5) is 0 Å². The van der Waals surface area contributed by atoms with Crippen molar-refractivity contribution in [2.75, 3.05) is 14.1 Å². The second-order valence-electron chi connectivity index (χ2n) is 11.5. The first-order chi connectivity index (χ1) is 19.2. The van der Waals surface area contributed by atoms with Crippen LogP contribution >= 0.6 is 0 Å². The number of benzene rings is 1. The largest absolute Gasteiger partial charge is 0.507 e. The van der Waals surface area contributed by atoms with Crippen molar-refractivity contribution in [2.24, 2.45) is 34.5 Å². The lowest BCUT2D eigenvalue weighted by molar-refractivity contribution is -0.166. The van der Waals surface area contributed by atoms with Crippen LogP contribution in [-0.2, 0) is 38.7 Å². The van der Waals surface area contributed by atoms with E-state index < -0.39 is 69.8 Å². The number of aromatic hydroxyl groups is 1. The quantitative estimate of drug-likeness (QED) is 0.220. The first-order valence-corrected chi connectivity index (χ1v) is 13.0. The van der Waals surface area contributed by atoms with E-state index >= 15 is 0 Å². The van der Waals surface area contributed by atoms with Gasteiger partial charge in [0.1, 0.15) is 11.7 Å². The number of rotatable bonds is 6. The maximum Gasteiger partial charge on any atom is 0.235 e. The summed E-state index contributed by atoms with van der Waals surface area (Å²) in [7, 11) is 2.92. The molecule has 0 aliphatic heterocycles. The number of Topliss-reactive ketones (excluding diaryl/α,β-unsaturated/α-hetero) is 4. The maximum atomic E-state index is 14.3. The number of aromatic nitrogens is 1. The molecule has 9 N–H and O–H groups in total. The topological polar surface area (TPSA) is 238 Å². The second-order valence-corrected chi connectivity index (χ2v) is 11.5. The molecule has 3 aliphatic rings. The fourth-order valence-corrected chi connectivity index (χ4v) is 7.24. The summed E-state index contributed by atoms with van der Waals surface area (Å²) >= 11 is 0. The Morgan fingerprint density at radius 3 is 2.46 bits per heavy atom. The predicted octanol–water partition coefficient (Wildman–Crippen LogP) is -1.57. The third-order valence-corrected chi connectivity index (χ3v) is 8.86. The number of hydrogen-bond acceptors (Lipinski definition) is 11. The zero-order valence-electron chi connectivity index (χ0n) is 22.6. The number of carbonyl (C=O) groups excluding carboxylic acids is 5. The van der Waals surface area contributed by atoms with Crippen LogP contribution < -0.4 is 22.5 Å². The highest BCUT2D eigenvalue weighted by atomic mass is 16.3. The van der Waals surface area contributed by atoms with E-state index in [-0.39, 0.29) is 24.3 Å². The van der Waals surface area contributed by atoms with Gasteiger partial charge in [-0.05, 0) is 56.3 Å². The monoisotopic (exact) mass is 561 g/mol. The van der Waals surface area contributed by atoms with Crippen LogP contribution in [0.25, 0.3) is 0 Å². The number of fused-ring (bicyclic) bond motifs is 3. The molecule has 5 rings (SSSR count). The number of nitrogens with two attached hydrogens (primary N) is 3. The molecule has 0 bridgehead atoms. The molecule has 1 aromatic heterocycles. The maximum absolute atomic E-state index is 14.3. The molecule has 2 aromatic rings. The number of ketones is 4. The Labute approximate surface area is 235 Å². The minimum Gasteiger partial charge on any atom is -0.507 e. The number of nitrogens with one attached hydrogen (secondary N) is 2. The molecule has 6 atom stereocenters. The first-order valence-electron chi connectivity index (χ1n) is 13.0. The highest BCUT2D eigenvalue weighted by Gasteiger charge is 2.78. The molecule has 214 valence electrons. The lowest BCUT2D eigenvalue weighted by Gasteiger charge is -2.60. The predicted molar refractivity (Wildman–Crippen MR) is 143 cm³/mol. The summed E-state index contributed by atoms with van der Waals surface area (Å²) < 4.78 is 0. The molecule has 13 nitrogen and oxygen atoms in total. The Balaban J connectivity index is 1.65. The summed E-state index contributed by atoms with van der Waals surface area (Å²) in [6, 6.07) is 6.98. The first kappa shape index (κ1) is 28.3. The molecule has 41 heavy (non-hydrogen) atoms. The third kappa shape index (κ3) is 3.72. The third-order valence-electron chi connectivity index (χ3n) is 8.86. The summed E-state index contributed by atoms with van der Waals surface area (Å²) in [6.07, 6.45) is 1.22. The number of likely N-dealkylation sites (N-methyl/N-ethyl adjacent to an activating group) is 1. The van der Waals surface area contributed by atoms with E-state index in [1.165, 1.54) is 25.1 Å². The van der Waals surface area contributed by atoms with Crippen LogP contribution in [0.5, 0.6) is 5.75 Å². The summed E-state index contributed by atoms with van der Waals surface area (Å²) in [5.41, 5.74) is 14.3. The van der Waals surface area contributed by atoms with Crippen LogP contribution in [0.1, 0.15) is 33.6 Å². The van der Waals surface area contributed by atoms with Crippen LogP contribution in [0, 0.1) is 28.6 Å². The highest BCUT2D eigenvalue weighted by Crippen LogP contribution is 2.56. The average molecular weight is 562 g/mol. The van der Waals surface area contributed by atoms with E-state index in [0.29, 0.717) is 17.7 Å². The van der Waals surface area contributed by atoms with Crippen molar-refractivity contribution < 1.29 is 29.1 Å². The molecule has 13 heteroatoms. The summed E-state index contributed by atoms with van der Waals surface area (Å²) in [6.45, 7) is 0.773. The van der Waals surface area contributed by atoms with Gasteiger partial charge in [0.25, 0.3) is 0 Å². The van der Waals surface area contributed by atoms with Crippen molar-refractivity contribution >= 4 is 29.0 Å². The number of primary amides is 1. The van der Waals surface area contributed by atoms with E-state index in [0.717, 1.165) is 5.69 Å². The summed E-state index contributed by atoms with van der Waals surface area (Å²) in [5.74, 6) is -9.90. The molecular formula is C28H31N7O6. The van der Waals surface area contributed by atoms with E-state index in [9.17, 15) is 34.3 Å². The van der Waals surface area contributed by atoms with Gasteiger partial charge in [-0.2, -0.15) is 5.26 Å². The second kappa shape index (κ2) is 9.42. The molecule has 0 spiro atoms. The fraction of sp³-hybridized carbons (Fsp3) is 0.429. The van der Waals surface area contributed by atoms with Crippen molar-refractivity contribution in [3.8, 4) is 11.8 Å². The van der Waals surface area contributed by atoms with Crippen LogP contribution in [0.15, 0.2) is 30.5 Å². The summed E-state index contributed by atoms with van der Waals surface area (Å²) in [5, 5.41) is 24.4. The average Bonchev–Trinajstić information content (AvgIpc) is 3.37. The fourth-order valence-electron chi connectivity index (χ4n) is 7.24. The highest BCUT2D eigenvalue weighted by molar-refractivity contribution is 6.33. The molecule has 2 unspecified atom stereocenters. The normalized spacial score (nSPS) is 32.7. The van der Waals surface area contributed by atoms with Gasteiger partial charge in [-0.15, -0.1) is 0 Å². The zero-order chi connectivity index (χ0) is 30.1. The van der Waals surface area contributed by atoms with Gasteiger partial charge in [-0.1, -0.05) is 6.07 Å². The zero-order valence-corrected chi connectivity index (χ0v) is 22.6. The minimum atomic E-state index is -2.76. The SMILES string of the molecule is CN(C)[C@@H]1C(=O)C(C(N)=O)C(=O)[C@@]2(C#N)C(=O)C3C(=O)c4c(O)ccc(CNCc5ccc[nH]5)c4C[C@@]3(N)C[C@@]12N. The molecule has 1 aromatic carbocycles. The Morgan fingerprint density at radius 2 is 1.88 bits per heavy atom. The van der Waals surface area contributed by atoms with Crippen molar-refractivity contribution in [2.45, 2.75) is 43.1 Å². The van der Waals surface area contributed by atoms with E-state index in [2.05, 4.69) is 10.3 Å². The Bertz CT molecular complexity index is 1550. The van der Waals surface area contributed by atoms with Crippen LogP contribution in [-0.4, -0.2) is 75.2 Å². The number of phenols is 1. The number of nitrogens with zero attached hydrogens (tertiary/aromatic N) is 2. The number of amides is 1. The van der Waals surface area contributed by atoms with Crippen molar-refractivity contribution in [3.63, 3.8) is 0 Å². The lowest BCUT2D eigenvalue weighted by atomic mass is 9.42. The molecule has 3 aliphatic carbocycles. The van der Waals surface area contributed by atoms with Gasteiger partial charge in [0, 0.05) is 30.5 Å². The number of aromatic amines is 1. The van der Waals surface area contributed by atoms with Crippen LogP contribution in [0.3, 0.4) is 0 Å². The Morgan fingerprint density at radius 1 is 1.17 bits per heavy atom. The molecule has 2 saturated carbocycles. The lowest BCUT2D eigenvalue weighted by Crippen LogP contribution is -2.85. The molecule has 0 radical (unpaired) electrons. The van der Waals surface area contributed by atoms with E-state index in [1.807, 2.05) is 12.1 Å². The molecular weight excluding hydrogens is 530 g/mol. The number of hydrogen-bond donors (Lipinski definition) is 6. The van der Waals surface area contributed by atoms with Gasteiger partial charge in [-0.25, -0.2) is 0 Å². The van der Waals surface area contributed by atoms with Gasteiger partial charge in [0.15, 0.2) is 34.5 Å². The van der Waals surface area contributed by atoms with E-state index in [1.54, 1.807) is 18.3 Å². The van der Waals surface area contributed by atoms with E-state index in [4.69, 9.17) is 17.2 Å². The van der Waals surface area contributed by atoms with Gasteiger partial charge in [0.2, 0.25) is 5.91 Å². The van der Waals surface area contributed by atoms with Gasteiger partial charge in [0.05, 0.1) is 23.2 Å². The van der Waals surface area contributed by atoms with Crippen molar-refractivity contribution in [1.29, 1.82) is 5.26 Å². The number of H-pyrrole nitrogens is 1. The summed E-state index contributed by atoms with van der Waals surface area (Å²) in [4.78, 5) is 72.2.